The van der Waals surface area contributed by atoms with Gasteiger partial charge < -0.3 is 15.5 Å². The van der Waals surface area contributed by atoms with Gasteiger partial charge in [-0.2, -0.15) is 0 Å². The van der Waals surface area contributed by atoms with Crippen molar-refractivity contribution in [2.45, 2.75) is 13.5 Å². The van der Waals surface area contributed by atoms with Gasteiger partial charge in [-0.1, -0.05) is 17.3 Å². The summed E-state index contributed by atoms with van der Waals surface area (Å²) in [5.41, 5.74) is 8.53. The Bertz CT molecular complexity index is 787. The van der Waals surface area contributed by atoms with Gasteiger partial charge in [-0.25, -0.2) is 4.98 Å². The number of amidine groups is 1. The van der Waals surface area contributed by atoms with E-state index in [9.17, 15) is 0 Å². The number of oxime groups is 1. The van der Waals surface area contributed by atoms with Gasteiger partial charge in [0.1, 0.15) is 5.01 Å². The quantitative estimate of drug-likeness (QED) is 0.336. The molecule has 102 valence electrons. The largest absolute Gasteiger partial charge is 0.409 e. The number of nitrogens with two attached hydrogens (primary N) is 1. The molecule has 3 aromatic rings. The molecule has 0 atom stereocenters. The van der Waals surface area contributed by atoms with E-state index in [1.54, 1.807) is 11.3 Å². The number of aromatic nitrogens is 2. The molecule has 6 heteroatoms. The number of benzene rings is 1. The standard InChI is InChI=1S/C14H14N4OS/c1-9-8-20-13(16-9)7-18-6-5-10-11(14(15)17-19)3-2-4-12(10)18/h2-6,8,19H,7H2,1H3,(H2,15,17). The van der Waals surface area contributed by atoms with Crippen LogP contribution in [0.3, 0.4) is 0 Å². The predicted molar refractivity (Wildman–Crippen MR) is 80.4 cm³/mol. The number of aryl methyl sites for hydroxylation is 1. The minimum Gasteiger partial charge on any atom is -0.409 e. The molecular weight excluding hydrogens is 272 g/mol. The van der Waals surface area contributed by atoms with Crippen LogP contribution in [-0.2, 0) is 6.54 Å². The zero-order valence-electron chi connectivity index (χ0n) is 10.9. The Morgan fingerprint density at radius 2 is 2.30 bits per heavy atom. The van der Waals surface area contributed by atoms with E-state index >= 15 is 0 Å². The van der Waals surface area contributed by atoms with Crippen LogP contribution < -0.4 is 5.73 Å². The Morgan fingerprint density at radius 3 is 3.00 bits per heavy atom. The van der Waals surface area contributed by atoms with Crippen LogP contribution in [0.15, 0.2) is 41.0 Å². The molecule has 5 nitrogen and oxygen atoms in total. The monoisotopic (exact) mass is 286 g/mol. The molecule has 0 fully saturated rings. The number of nitrogens with zero attached hydrogens (tertiary/aromatic N) is 3. The highest BCUT2D eigenvalue weighted by atomic mass is 32.1. The van der Waals surface area contributed by atoms with Crippen molar-refractivity contribution in [3.8, 4) is 0 Å². The lowest BCUT2D eigenvalue weighted by molar-refractivity contribution is 0.318. The second kappa shape index (κ2) is 4.97. The number of hydrogen-bond donors (Lipinski definition) is 2. The van der Waals surface area contributed by atoms with E-state index in [0.717, 1.165) is 33.7 Å². The summed E-state index contributed by atoms with van der Waals surface area (Å²) in [5, 5.41) is 16.0. The van der Waals surface area contributed by atoms with E-state index in [-0.39, 0.29) is 5.84 Å². The molecule has 20 heavy (non-hydrogen) atoms. The van der Waals surface area contributed by atoms with Crippen LogP contribution in [-0.4, -0.2) is 20.6 Å². The Balaban J connectivity index is 2.06. The Kier molecular flexibility index (Phi) is 3.15. The Hall–Kier alpha value is -2.34. The third kappa shape index (κ3) is 2.14. The van der Waals surface area contributed by atoms with Crippen LogP contribution in [0.25, 0.3) is 10.9 Å². The fraction of sp³-hybridized carbons (Fsp3) is 0.143. The van der Waals surface area contributed by atoms with Crippen LogP contribution >= 0.6 is 11.3 Å². The first-order chi connectivity index (χ1) is 9.69. The minimum atomic E-state index is 0.124. The molecule has 2 heterocycles. The molecule has 0 aliphatic rings. The van der Waals surface area contributed by atoms with Crippen molar-refractivity contribution in [1.82, 2.24) is 9.55 Å². The smallest absolute Gasteiger partial charge is 0.170 e. The highest BCUT2D eigenvalue weighted by molar-refractivity contribution is 7.09. The maximum Gasteiger partial charge on any atom is 0.170 e. The number of rotatable bonds is 3. The minimum absolute atomic E-state index is 0.124. The molecular formula is C14H14N4OS. The first-order valence-corrected chi connectivity index (χ1v) is 7.04. The molecule has 0 saturated carbocycles. The molecule has 3 N–H and O–H groups in total. The molecule has 2 aromatic heterocycles. The van der Waals surface area contributed by atoms with E-state index in [2.05, 4.69) is 14.7 Å². The molecule has 0 unspecified atom stereocenters. The fourth-order valence-corrected chi connectivity index (χ4v) is 3.03. The van der Waals surface area contributed by atoms with Crippen LogP contribution in [0, 0.1) is 6.92 Å². The molecule has 0 aliphatic heterocycles. The summed E-state index contributed by atoms with van der Waals surface area (Å²) in [6, 6.07) is 7.74. The highest BCUT2D eigenvalue weighted by Crippen LogP contribution is 2.22. The Labute approximate surface area is 120 Å². The summed E-state index contributed by atoms with van der Waals surface area (Å²) in [4.78, 5) is 4.48. The zero-order valence-corrected chi connectivity index (χ0v) is 11.8. The average Bonchev–Trinajstić information content (AvgIpc) is 3.05. The van der Waals surface area contributed by atoms with E-state index in [1.807, 2.05) is 42.8 Å². The molecule has 0 radical (unpaired) electrons. The second-order valence-corrected chi connectivity index (χ2v) is 5.49. The lowest BCUT2D eigenvalue weighted by atomic mass is 10.1. The van der Waals surface area contributed by atoms with Crippen LogP contribution in [0.1, 0.15) is 16.3 Å². The van der Waals surface area contributed by atoms with Gasteiger partial charge in [0.25, 0.3) is 0 Å². The van der Waals surface area contributed by atoms with Crippen LogP contribution in [0.4, 0.5) is 0 Å². The second-order valence-electron chi connectivity index (χ2n) is 4.55. The normalized spacial score (nSPS) is 12.2. The summed E-state index contributed by atoms with van der Waals surface area (Å²) >= 11 is 1.65. The van der Waals surface area contributed by atoms with Gasteiger partial charge in [-0.15, -0.1) is 11.3 Å². The van der Waals surface area contributed by atoms with Crippen LogP contribution in [0.5, 0.6) is 0 Å². The third-order valence-electron chi connectivity index (χ3n) is 3.17. The first kappa shape index (κ1) is 12.7. The number of hydrogen-bond acceptors (Lipinski definition) is 4. The predicted octanol–water partition coefficient (Wildman–Crippen LogP) is 2.55. The van der Waals surface area contributed by atoms with E-state index in [0.29, 0.717) is 0 Å². The van der Waals surface area contributed by atoms with Gasteiger partial charge in [-0.3, -0.25) is 0 Å². The summed E-state index contributed by atoms with van der Waals surface area (Å²) < 4.78 is 2.11. The lowest BCUT2D eigenvalue weighted by Crippen LogP contribution is -2.13. The van der Waals surface area contributed by atoms with E-state index in [4.69, 9.17) is 10.9 Å². The maximum absolute atomic E-state index is 8.84. The van der Waals surface area contributed by atoms with E-state index in [1.165, 1.54) is 0 Å². The molecule has 3 rings (SSSR count). The highest BCUT2D eigenvalue weighted by Gasteiger charge is 2.09. The molecule has 0 saturated heterocycles. The molecule has 1 aromatic carbocycles. The summed E-state index contributed by atoms with van der Waals surface area (Å²) in [6.45, 7) is 2.71. The SMILES string of the molecule is Cc1csc(Cn2ccc3c(/C(N)=N/O)cccc32)n1. The first-order valence-electron chi connectivity index (χ1n) is 6.16. The van der Waals surface area contributed by atoms with Gasteiger partial charge in [0, 0.05) is 33.7 Å². The van der Waals surface area contributed by atoms with Gasteiger partial charge in [-0.05, 0) is 19.1 Å². The van der Waals surface area contributed by atoms with Crippen molar-refractivity contribution in [2.24, 2.45) is 10.9 Å². The van der Waals surface area contributed by atoms with Gasteiger partial charge in [0.2, 0.25) is 0 Å². The van der Waals surface area contributed by atoms with Crippen LogP contribution in [0.2, 0.25) is 0 Å². The van der Waals surface area contributed by atoms with Crippen molar-refractivity contribution in [3.63, 3.8) is 0 Å². The number of fused-ring (bicyclic) bond motifs is 1. The fourth-order valence-electron chi connectivity index (χ4n) is 2.26. The van der Waals surface area contributed by atoms with Gasteiger partial charge in [0.15, 0.2) is 5.84 Å². The van der Waals surface area contributed by atoms with Crippen molar-refractivity contribution in [2.75, 3.05) is 0 Å². The topological polar surface area (TPSA) is 76.4 Å². The average molecular weight is 286 g/mol. The summed E-state index contributed by atoms with van der Waals surface area (Å²) in [6.07, 6.45) is 2.00. The number of thiazole rings is 1. The Morgan fingerprint density at radius 1 is 1.45 bits per heavy atom. The maximum atomic E-state index is 8.84. The molecule has 0 bridgehead atoms. The van der Waals surface area contributed by atoms with Crippen molar-refractivity contribution < 1.29 is 5.21 Å². The van der Waals surface area contributed by atoms with E-state index < -0.39 is 0 Å². The summed E-state index contributed by atoms with van der Waals surface area (Å²) in [5.74, 6) is 0.124. The molecule has 0 spiro atoms. The zero-order chi connectivity index (χ0) is 14.1. The third-order valence-corrected chi connectivity index (χ3v) is 4.12. The molecule has 0 aliphatic carbocycles. The lowest BCUT2D eigenvalue weighted by Gasteiger charge is -2.05. The van der Waals surface area contributed by atoms with Crippen molar-refractivity contribution >= 4 is 28.1 Å². The van der Waals surface area contributed by atoms with Gasteiger partial charge >= 0.3 is 0 Å². The molecule has 0 amide bonds. The van der Waals surface area contributed by atoms with Gasteiger partial charge in [0.05, 0.1) is 6.54 Å². The van der Waals surface area contributed by atoms with Crippen molar-refractivity contribution in [3.05, 3.63) is 52.1 Å². The van der Waals surface area contributed by atoms with Crippen molar-refractivity contribution in [1.29, 1.82) is 0 Å². The summed E-state index contributed by atoms with van der Waals surface area (Å²) in [7, 11) is 0.